The summed E-state index contributed by atoms with van der Waals surface area (Å²) in [5.74, 6) is 5.37. The monoisotopic (exact) mass is 314 g/mol. The summed E-state index contributed by atoms with van der Waals surface area (Å²) in [5, 5.41) is 2.00. The molecule has 0 aliphatic rings. The van der Waals surface area contributed by atoms with Gasteiger partial charge in [-0.2, -0.15) is 0 Å². The van der Waals surface area contributed by atoms with Crippen molar-refractivity contribution in [2.75, 3.05) is 5.84 Å². The molecule has 7 heteroatoms. The summed E-state index contributed by atoms with van der Waals surface area (Å²) >= 11 is 1.60. The summed E-state index contributed by atoms with van der Waals surface area (Å²) in [6, 6.07) is 3.38. The number of nitrogen functional groups attached to an aromatic ring is 1. The topological polar surface area (TPSA) is 87.1 Å². The van der Waals surface area contributed by atoms with Gasteiger partial charge in [-0.25, -0.2) is 14.3 Å². The highest BCUT2D eigenvalue weighted by Crippen LogP contribution is 2.20. The molecule has 2 aromatic rings. The van der Waals surface area contributed by atoms with Gasteiger partial charge in [0.05, 0.1) is 10.3 Å². The molecule has 2 N–H and O–H groups in total. The van der Waals surface area contributed by atoms with E-state index in [1.807, 2.05) is 24.7 Å². The van der Waals surface area contributed by atoms with Crippen molar-refractivity contribution in [3.8, 4) is 0 Å². The maximum atomic E-state index is 10.8. The molecule has 0 saturated carbocycles. The molecule has 0 unspecified atom stereocenters. The van der Waals surface area contributed by atoms with Crippen molar-refractivity contribution in [2.45, 2.75) is 32.6 Å². The Kier molecular flexibility index (Phi) is 5.27. The zero-order chi connectivity index (χ0) is 15.5. The van der Waals surface area contributed by atoms with Crippen molar-refractivity contribution in [3.63, 3.8) is 0 Å². The zero-order valence-electron chi connectivity index (χ0n) is 11.9. The number of aryl methyl sites for hydroxylation is 4. The lowest BCUT2D eigenvalue weighted by molar-refractivity contribution is -0.640. The van der Waals surface area contributed by atoms with Gasteiger partial charge in [-0.05, 0) is 31.9 Å². The molecule has 1 aromatic carbocycles. The van der Waals surface area contributed by atoms with E-state index >= 15 is 0 Å². The molecule has 1 heterocycles. The second-order valence-corrected chi connectivity index (χ2v) is 6.63. The first kappa shape index (κ1) is 16.6. The van der Waals surface area contributed by atoms with Crippen molar-refractivity contribution in [2.24, 2.45) is 0 Å². The summed E-state index contributed by atoms with van der Waals surface area (Å²) in [6.07, 6.45) is 0. The van der Waals surface area contributed by atoms with Crippen LogP contribution >= 0.6 is 11.3 Å². The van der Waals surface area contributed by atoms with Crippen LogP contribution in [-0.4, -0.2) is 13.0 Å². The molecule has 0 aliphatic carbocycles. The third-order valence-corrected chi connectivity index (χ3v) is 4.64. The fraction of sp³-hybridized carbons (Fsp3) is 0.308. The first-order valence-electron chi connectivity index (χ1n) is 5.86. The van der Waals surface area contributed by atoms with Crippen LogP contribution in [0.4, 0.5) is 0 Å². The predicted molar refractivity (Wildman–Crippen MR) is 78.0 cm³/mol. The molecule has 0 saturated heterocycles. The zero-order valence-corrected chi connectivity index (χ0v) is 13.5. The molecule has 0 bridgehead atoms. The Labute approximate surface area is 123 Å². The van der Waals surface area contributed by atoms with Gasteiger partial charge >= 0.3 is 0 Å². The lowest BCUT2D eigenvalue weighted by atomic mass is 10.1. The van der Waals surface area contributed by atoms with Crippen LogP contribution in [0.2, 0.25) is 0 Å². The maximum absolute atomic E-state index is 10.8. The summed E-state index contributed by atoms with van der Waals surface area (Å²) in [4.78, 5) is -0.0851. The van der Waals surface area contributed by atoms with Crippen LogP contribution < -0.4 is 10.5 Å². The second-order valence-electron chi connectivity index (χ2n) is 4.59. The Morgan fingerprint density at radius 3 is 1.90 bits per heavy atom. The minimum absolute atomic E-state index is 0.0851. The predicted octanol–water partition coefficient (Wildman–Crippen LogP) is 1.57. The first-order chi connectivity index (χ1) is 9.12. The van der Waals surface area contributed by atoms with Gasteiger partial charge in [0, 0.05) is 6.92 Å². The molecule has 0 fully saturated rings. The fourth-order valence-electron chi connectivity index (χ4n) is 1.90. The average Bonchev–Trinajstić information content (AvgIpc) is 2.60. The van der Waals surface area contributed by atoms with Crippen molar-refractivity contribution in [1.82, 2.24) is 0 Å². The first-order valence-corrected chi connectivity index (χ1v) is 8.21. The highest BCUT2D eigenvalue weighted by molar-refractivity contribution is 7.85. The van der Waals surface area contributed by atoms with Crippen LogP contribution in [0.5, 0.6) is 0 Å². The van der Waals surface area contributed by atoms with Gasteiger partial charge in [0.2, 0.25) is 5.69 Å². The van der Waals surface area contributed by atoms with Crippen LogP contribution in [-0.2, 0) is 10.1 Å². The Hall–Kier alpha value is -1.44. The molecular formula is C13H18N2O3S2. The highest BCUT2D eigenvalue weighted by Gasteiger charge is 2.09. The number of aromatic nitrogens is 1. The van der Waals surface area contributed by atoms with Crippen LogP contribution in [0, 0.1) is 27.7 Å². The van der Waals surface area contributed by atoms with Gasteiger partial charge in [-0.3, -0.25) is 0 Å². The Morgan fingerprint density at radius 2 is 1.65 bits per heavy atom. The number of rotatable bonds is 1. The van der Waals surface area contributed by atoms with Gasteiger partial charge in [0.15, 0.2) is 0 Å². The number of thiazole rings is 1. The molecule has 0 aliphatic heterocycles. The van der Waals surface area contributed by atoms with Crippen molar-refractivity contribution >= 4 is 21.5 Å². The molecule has 0 radical (unpaired) electrons. The number of nitrogens with two attached hydrogens (primary N) is 1. The van der Waals surface area contributed by atoms with Crippen molar-refractivity contribution in [3.05, 3.63) is 45.4 Å². The smallest absolute Gasteiger partial charge is 0.254 e. The normalized spacial score (nSPS) is 10.8. The van der Waals surface area contributed by atoms with E-state index < -0.39 is 10.1 Å². The Balaban J connectivity index is 0.000000240. The van der Waals surface area contributed by atoms with E-state index in [0.29, 0.717) is 11.1 Å². The lowest BCUT2D eigenvalue weighted by Gasteiger charge is -2.14. The highest BCUT2D eigenvalue weighted by atomic mass is 32.2. The lowest BCUT2D eigenvalue weighted by Crippen LogP contribution is -2.44. The van der Waals surface area contributed by atoms with E-state index in [9.17, 15) is 13.0 Å². The fourth-order valence-corrected chi connectivity index (χ4v) is 3.48. The van der Waals surface area contributed by atoms with Crippen molar-refractivity contribution in [1.29, 1.82) is 0 Å². The second kappa shape index (κ2) is 6.34. The van der Waals surface area contributed by atoms with Gasteiger partial charge in [0.1, 0.15) is 10.1 Å². The van der Waals surface area contributed by atoms with E-state index in [0.717, 1.165) is 11.3 Å². The van der Waals surface area contributed by atoms with E-state index in [-0.39, 0.29) is 4.90 Å². The SMILES string of the molecule is Cc1cc(C)c(S(=O)(=O)[O-])c(C)c1.Cc1csc[n+]1N. The molecular weight excluding hydrogens is 296 g/mol. The maximum Gasteiger partial charge on any atom is 0.254 e. The summed E-state index contributed by atoms with van der Waals surface area (Å²) in [7, 11) is -4.33. The van der Waals surface area contributed by atoms with E-state index in [1.54, 1.807) is 42.0 Å². The molecule has 0 amide bonds. The quantitative estimate of drug-likeness (QED) is 0.492. The number of hydrogen-bond donors (Lipinski definition) is 1. The van der Waals surface area contributed by atoms with E-state index in [2.05, 4.69) is 0 Å². The van der Waals surface area contributed by atoms with Gasteiger partial charge < -0.3 is 4.55 Å². The van der Waals surface area contributed by atoms with E-state index in [4.69, 9.17) is 5.84 Å². The van der Waals surface area contributed by atoms with Gasteiger partial charge in [-0.15, -0.1) is 0 Å². The molecule has 1 aromatic heterocycles. The number of benzene rings is 1. The third-order valence-electron chi connectivity index (χ3n) is 2.67. The summed E-state index contributed by atoms with van der Waals surface area (Å²) in [6.45, 7) is 7.09. The van der Waals surface area contributed by atoms with Crippen LogP contribution in [0.15, 0.2) is 27.9 Å². The van der Waals surface area contributed by atoms with Crippen LogP contribution in [0.25, 0.3) is 0 Å². The Morgan fingerprint density at radius 1 is 1.15 bits per heavy atom. The summed E-state index contributed by atoms with van der Waals surface area (Å²) < 4.78 is 34.1. The minimum Gasteiger partial charge on any atom is -0.744 e. The molecule has 0 atom stereocenters. The number of nitrogens with zero attached hydrogens (tertiary/aromatic N) is 1. The van der Waals surface area contributed by atoms with Gasteiger partial charge in [0.25, 0.3) is 5.51 Å². The van der Waals surface area contributed by atoms with Gasteiger partial charge in [-0.1, -0.05) is 33.7 Å². The van der Waals surface area contributed by atoms with Crippen LogP contribution in [0.1, 0.15) is 22.4 Å². The molecule has 20 heavy (non-hydrogen) atoms. The minimum atomic E-state index is -4.33. The molecule has 5 nitrogen and oxygen atoms in total. The van der Waals surface area contributed by atoms with E-state index in [1.165, 1.54) is 0 Å². The summed E-state index contributed by atoms with van der Waals surface area (Å²) in [5.41, 5.74) is 4.96. The largest absolute Gasteiger partial charge is 0.744 e. The average molecular weight is 314 g/mol. The Bertz CT molecular complexity index is 667. The standard InChI is InChI=1S/C9H12O3S.C4H7N2S/c1-6-4-7(2)9(8(3)5-6)13(10,11)12;1-4-2-7-3-6(4)5/h4-5H,1-3H3,(H,10,11,12);2-3H,5H2,1H3/q;+1/p-1. The third kappa shape index (κ3) is 4.29. The number of hydrogen-bond acceptors (Lipinski definition) is 5. The molecule has 2 rings (SSSR count). The van der Waals surface area contributed by atoms with Crippen LogP contribution in [0.3, 0.4) is 0 Å². The van der Waals surface area contributed by atoms with Crippen molar-refractivity contribution < 1.29 is 17.6 Å². The molecule has 110 valence electrons. The molecule has 0 spiro atoms.